The van der Waals surface area contributed by atoms with Crippen LogP contribution in [0.3, 0.4) is 0 Å². The quantitative estimate of drug-likeness (QED) is 0.900. The molecule has 4 heteroatoms. The molecule has 0 saturated carbocycles. The number of aryl methyl sites for hydroxylation is 3. The highest BCUT2D eigenvalue weighted by molar-refractivity contribution is 7.15. The zero-order chi connectivity index (χ0) is 13.0. The smallest absolute Gasteiger partial charge is 0.180 e. The molecular weight excluding hydrogens is 244 g/mol. The predicted molar refractivity (Wildman–Crippen MR) is 76.3 cm³/mol. The van der Waals surface area contributed by atoms with E-state index in [0.29, 0.717) is 5.13 Å². The van der Waals surface area contributed by atoms with Crippen LogP contribution in [0.5, 0.6) is 5.75 Å². The number of benzene rings is 1. The summed E-state index contributed by atoms with van der Waals surface area (Å²) >= 11 is 1.56. The van der Waals surface area contributed by atoms with Gasteiger partial charge in [-0.3, -0.25) is 0 Å². The fourth-order valence-corrected chi connectivity index (χ4v) is 2.63. The Kier molecular flexibility index (Phi) is 4.20. The second kappa shape index (κ2) is 5.87. The number of methoxy groups -OCH3 is 1. The van der Waals surface area contributed by atoms with Gasteiger partial charge in [0.2, 0.25) is 0 Å². The van der Waals surface area contributed by atoms with Gasteiger partial charge in [-0.05, 0) is 36.5 Å². The maximum absolute atomic E-state index is 5.63. The summed E-state index contributed by atoms with van der Waals surface area (Å²) in [6, 6.07) is 6.39. The molecule has 0 unspecified atom stereocenters. The van der Waals surface area contributed by atoms with E-state index < -0.39 is 0 Å². The van der Waals surface area contributed by atoms with Crippen LogP contribution in [0.1, 0.15) is 22.9 Å². The second-order valence-electron chi connectivity index (χ2n) is 4.16. The van der Waals surface area contributed by atoms with Crippen molar-refractivity contribution in [3.05, 3.63) is 40.4 Å². The zero-order valence-corrected chi connectivity index (χ0v) is 11.6. The van der Waals surface area contributed by atoms with Crippen LogP contribution >= 0.6 is 11.3 Å². The summed E-state index contributed by atoms with van der Waals surface area (Å²) in [4.78, 5) is 5.29. The van der Waals surface area contributed by atoms with Crippen LogP contribution in [-0.2, 0) is 19.3 Å². The van der Waals surface area contributed by atoms with Crippen LogP contribution in [0.4, 0.5) is 5.13 Å². The molecule has 0 fully saturated rings. The van der Waals surface area contributed by atoms with Crippen LogP contribution in [0.2, 0.25) is 0 Å². The molecule has 0 radical (unpaired) electrons. The fourth-order valence-electron chi connectivity index (χ4n) is 1.94. The van der Waals surface area contributed by atoms with E-state index in [2.05, 4.69) is 30.1 Å². The molecule has 2 aromatic rings. The van der Waals surface area contributed by atoms with E-state index in [1.807, 2.05) is 6.20 Å². The van der Waals surface area contributed by atoms with Gasteiger partial charge in [0.05, 0.1) is 7.11 Å². The molecule has 1 heterocycles. The first-order chi connectivity index (χ1) is 8.72. The molecule has 3 nitrogen and oxygen atoms in total. The monoisotopic (exact) mass is 262 g/mol. The minimum absolute atomic E-state index is 0.638. The Bertz CT molecular complexity index is 522. The van der Waals surface area contributed by atoms with E-state index in [9.17, 15) is 0 Å². The molecule has 96 valence electrons. The number of nitrogens with zero attached hydrogens (tertiary/aromatic N) is 1. The van der Waals surface area contributed by atoms with Gasteiger partial charge in [0.1, 0.15) is 5.75 Å². The number of thiazole rings is 1. The molecular formula is C14H18N2OS. The van der Waals surface area contributed by atoms with Gasteiger partial charge in [0.25, 0.3) is 0 Å². The van der Waals surface area contributed by atoms with Crippen molar-refractivity contribution in [1.82, 2.24) is 4.98 Å². The van der Waals surface area contributed by atoms with Crippen molar-refractivity contribution < 1.29 is 4.74 Å². The molecule has 0 amide bonds. The number of anilines is 1. The van der Waals surface area contributed by atoms with Crippen molar-refractivity contribution in [2.24, 2.45) is 0 Å². The molecule has 2 rings (SSSR count). The van der Waals surface area contributed by atoms with E-state index >= 15 is 0 Å². The van der Waals surface area contributed by atoms with Crippen molar-refractivity contribution in [3.63, 3.8) is 0 Å². The molecule has 0 saturated heterocycles. The summed E-state index contributed by atoms with van der Waals surface area (Å²) in [5, 5.41) is 0.638. The fraction of sp³-hybridized carbons (Fsp3) is 0.357. The van der Waals surface area contributed by atoms with E-state index in [1.165, 1.54) is 16.0 Å². The molecule has 2 N–H and O–H groups in total. The SMILES string of the molecule is CCc1ccc(OC)c(CCc2cnc(N)s2)c1. The van der Waals surface area contributed by atoms with Gasteiger partial charge in [0.15, 0.2) is 5.13 Å². The van der Waals surface area contributed by atoms with Crippen LogP contribution in [0.25, 0.3) is 0 Å². The minimum Gasteiger partial charge on any atom is -0.496 e. The van der Waals surface area contributed by atoms with E-state index in [-0.39, 0.29) is 0 Å². The lowest BCUT2D eigenvalue weighted by molar-refractivity contribution is 0.409. The van der Waals surface area contributed by atoms with E-state index in [0.717, 1.165) is 25.0 Å². The Labute approximate surface area is 112 Å². The van der Waals surface area contributed by atoms with Crippen LogP contribution in [0.15, 0.2) is 24.4 Å². The van der Waals surface area contributed by atoms with Gasteiger partial charge in [0, 0.05) is 11.1 Å². The van der Waals surface area contributed by atoms with Gasteiger partial charge in [-0.2, -0.15) is 0 Å². The van der Waals surface area contributed by atoms with E-state index in [1.54, 1.807) is 18.4 Å². The lowest BCUT2D eigenvalue weighted by Gasteiger charge is -2.09. The van der Waals surface area contributed by atoms with Gasteiger partial charge < -0.3 is 10.5 Å². The maximum Gasteiger partial charge on any atom is 0.180 e. The first-order valence-electron chi connectivity index (χ1n) is 6.09. The lowest BCUT2D eigenvalue weighted by Crippen LogP contribution is -1.96. The third kappa shape index (κ3) is 3.01. The first-order valence-corrected chi connectivity index (χ1v) is 6.90. The van der Waals surface area contributed by atoms with Crippen molar-refractivity contribution in [2.75, 3.05) is 12.8 Å². The Morgan fingerprint density at radius 1 is 1.33 bits per heavy atom. The van der Waals surface area contributed by atoms with Gasteiger partial charge >= 0.3 is 0 Å². The number of aromatic nitrogens is 1. The summed E-state index contributed by atoms with van der Waals surface area (Å²) in [7, 11) is 1.72. The summed E-state index contributed by atoms with van der Waals surface area (Å²) < 4.78 is 5.40. The number of hydrogen-bond acceptors (Lipinski definition) is 4. The number of ether oxygens (including phenoxy) is 1. The maximum atomic E-state index is 5.63. The molecule has 1 aromatic heterocycles. The molecule has 0 aliphatic carbocycles. The second-order valence-corrected chi connectivity index (χ2v) is 5.31. The number of rotatable bonds is 5. The van der Waals surface area contributed by atoms with Gasteiger partial charge in [-0.25, -0.2) is 4.98 Å². The molecule has 0 aliphatic heterocycles. The largest absolute Gasteiger partial charge is 0.496 e. The topological polar surface area (TPSA) is 48.1 Å². The third-order valence-electron chi connectivity index (χ3n) is 2.97. The number of nitrogen functional groups attached to an aromatic ring is 1. The van der Waals surface area contributed by atoms with Crippen LogP contribution < -0.4 is 10.5 Å². The van der Waals surface area contributed by atoms with Crippen LogP contribution in [-0.4, -0.2) is 12.1 Å². The molecule has 0 atom stereocenters. The molecule has 0 bridgehead atoms. The van der Waals surface area contributed by atoms with Gasteiger partial charge in [-0.15, -0.1) is 11.3 Å². The average Bonchev–Trinajstić information content (AvgIpc) is 2.81. The van der Waals surface area contributed by atoms with E-state index in [4.69, 9.17) is 10.5 Å². The van der Waals surface area contributed by atoms with Crippen molar-refractivity contribution in [2.45, 2.75) is 26.2 Å². The molecule has 0 aliphatic rings. The number of hydrogen-bond donors (Lipinski definition) is 1. The molecule has 0 spiro atoms. The average molecular weight is 262 g/mol. The van der Waals surface area contributed by atoms with Crippen LogP contribution in [0, 0.1) is 0 Å². The normalized spacial score (nSPS) is 10.6. The lowest BCUT2D eigenvalue weighted by atomic mass is 10.0. The van der Waals surface area contributed by atoms with Crippen molar-refractivity contribution in [3.8, 4) is 5.75 Å². The third-order valence-corrected chi connectivity index (χ3v) is 3.85. The Morgan fingerprint density at radius 2 is 2.17 bits per heavy atom. The summed E-state index contributed by atoms with van der Waals surface area (Å²) in [5.41, 5.74) is 8.23. The highest BCUT2D eigenvalue weighted by atomic mass is 32.1. The predicted octanol–water partition coefficient (Wildman–Crippen LogP) is 3.08. The summed E-state index contributed by atoms with van der Waals surface area (Å²) in [6.07, 6.45) is 4.82. The Balaban J connectivity index is 2.11. The van der Waals surface area contributed by atoms with Crippen molar-refractivity contribution >= 4 is 16.5 Å². The highest BCUT2D eigenvalue weighted by Gasteiger charge is 2.06. The first kappa shape index (κ1) is 12.9. The Hall–Kier alpha value is -1.55. The van der Waals surface area contributed by atoms with Crippen molar-refractivity contribution in [1.29, 1.82) is 0 Å². The van der Waals surface area contributed by atoms with Gasteiger partial charge in [-0.1, -0.05) is 19.1 Å². The highest BCUT2D eigenvalue weighted by Crippen LogP contribution is 2.23. The Morgan fingerprint density at radius 3 is 2.78 bits per heavy atom. The summed E-state index contributed by atoms with van der Waals surface area (Å²) in [6.45, 7) is 2.16. The molecule has 18 heavy (non-hydrogen) atoms. The standard InChI is InChI=1S/C14H18N2OS/c1-3-10-4-7-13(17-2)11(8-10)5-6-12-9-16-14(15)18-12/h4,7-9H,3,5-6H2,1-2H3,(H2,15,16). The minimum atomic E-state index is 0.638. The zero-order valence-electron chi connectivity index (χ0n) is 10.8. The summed E-state index contributed by atoms with van der Waals surface area (Å²) in [5.74, 6) is 0.963. The number of nitrogens with two attached hydrogens (primary N) is 1. The molecule has 1 aromatic carbocycles.